The third kappa shape index (κ3) is 9.97. The Morgan fingerprint density at radius 3 is 1.77 bits per heavy atom. The van der Waals surface area contributed by atoms with Crippen LogP contribution in [0.1, 0.15) is 61.8 Å². The Bertz CT molecular complexity index is 1000. The van der Waals surface area contributed by atoms with Gasteiger partial charge in [-0.15, -0.1) is 0 Å². The first kappa shape index (κ1) is 31.8. The molecule has 1 rings (SSSR count). The average Bonchev–Trinajstić information content (AvgIpc) is 2.76. The first-order valence-electron chi connectivity index (χ1n) is 10.6. The molecule has 2 unspecified atom stereocenters. The van der Waals surface area contributed by atoms with Crippen LogP contribution in [-0.2, 0) is 23.9 Å². The first-order chi connectivity index (χ1) is 16.3. The fraction of sp³-hybridized carbons (Fsp3) is 0.500. The highest BCUT2D eigenvalue weighted by molar-refractivity contribution is 14.1. The average molecular weight is 827 g/mol. The highest BCUT2D eigenvalue weighted by Crippen LogP contribution is 2.35. The van der Waals surface area contributed by atoms with E-state index in [1.165, 1.54) is 20.8 Å². The van der Waals surface area contributed by atoms with Crippen molar-refractivity contribution in [3.63, 3.8) is 0 Å². The molecule has 10 nitrogen and oxygen atoms in total. The highest BCUT2D eigenvalue weighted by atomic mass is 127. The predicted octanol–water partition coefficient (Wildman–Crippen LogP) is 3.46. The van der Waals surface area contributed by atoms with Crippen LogP contribution in [0.15, 0.2) is 0 Å². The number of carbonyl (C=O) groups is 5. The summed E-state index contributed by atoms with van der Waals surface area (Å²) in [6.07, 6.45) is -0.00405. The van der Waals surface area contributed by atoms with E-state index in [1.807, 2.05) is 81.6 Å². The fourth-order valence-corrected chi connectivity index (χ4v) is 7.14. The second kappa shape index (κ2) is 15.1. The summed E-state index contributed by atoms with van der Waals surface area (Å²) in [5, 5.41) is 8.28. The molecule has 3 amide bonds. The number of rotatable bonds is 11. The number of benzene rings is 1. The van der Waals surface area contributed by atoms with Crippen molar-refractivity contribution in [2.45, 2.75) is 47.1 Å². The van der Waals surface area contributed by atoms with Crippen molar-refractivity contribution in [3.05, 3.63) is 21.8 Å². The van der Waals surface area contributed by atoms with E-state index in [9.17, 15) is 24.0 Å². The van der Waals surface area contributed by atoms with E-state index < -0.39 is 23.9 Å². The number of nitrogens with one attached hydrogen (secondary N) is 3. The van der Waals surface area contributed by atoms with E-state index in [-0.39, 0.29) is 42.0 Å². The molecule has 0 bridgehead atoms. The van der Waals surface area contributed by atoms with Crippen LogP contribution < -0.4 is 16.0 Å². The molecule has 0 radical (unpaired) electrons. The molecular formula is C22H28I3N3O7. The van der Waals surface area contributed by atoms with Crippen molar-refractivity contribution in [1.82, 2.24) is 10.6 Å². The van der Waals surface area contributed by atoms with Gasteiger partial charge in [0, 0.05) is 30.9 Å². The van der Waals surface area contributed by atoms with Crippen molar-refractivity contribution in [2.75, 3.05) is 25.0 Å². The molecule has 0 aliphatic carbocycles. The number of hydrogen-bond acceptors (Lipinski definition) is 7. The summed E-state index contributed by atoms with van der Waals surface area (Å²) in [6.45, 7) is 7.91. The molecule has 0 heterocycles. The van der Waals surface area contributed by atoms with Gasteiger partial charge in [0.05, 0.1) is 30.5 Å². The maximum absolute atomic E-state index is 13.2. The molecule has 35 heavy (non-hydrogen) atoms. The summed E-state index contributed by atoms with van der Waals surface area (Å²) in [5.74, 6) is -2.13. The van der Waals surface area contributed by atoms with Gasteiger partial charge in [0.1, 0.15) is 6.61 Å². The summed E-state index contributed by atoms with van der Waals surface area (Å²) < 4.78 is 11.4. The van der Waals surface area contributed by atoms with Crippen LogP contribution in [0.5, 0.6) is 0 Å². The standard InChI is InChI=1S/C22H28I3N3O7/c1-6-10(2)7-26-21(32)15-17(23)16(19(25)20(18(15)24)28-11(3)29)22(33)27-8-14(35-13(5)31)9-34-12(4)30/h10,14H,6-9H2,1-5H3,(H,26,32)(H,27,33)(H,28,29). The molecule has 3 N–H and O–H groups in total. The van der Waals surface area contributed by atoms with Crippen LogP contribution in [0, 0.1) is 16.6 Å². The first-order valence-corrected chi connectivity index (χ1v) is 13.9. The largest absolute Gasteiger partial charge is 0.462 e. The van der Waals surface area contributed by atoms with Gasteiger partial charge in [0.2, 0.25) is 5.91 Å². The lowest BCUT2D eigenvalue weighted by Crippen LogP contribution is -2.38. The Kier molecular flexibility index (Phi) is 13.7. The predicted molar refractivity (Wildman–Crippen MR) is 155 cm³/mol. The summed E-state index contributed by atoms with van der Waals surface area (Å²) in [4.78, 5) is 60.7. The molecule has 13 heteroatoms. The molecule has 0 fully saturated rings. The van der Waals surface area contributed by atoms with Gasteiger partial charge in [-0.1, -0.05) is 20.3 Å². The summed E-state index contributed by atoms with van der Waals surface area (Å²) in [6, 6.07) is 0. The van der Waals surface area contributed by atoms with Crippen molar-refractivity contribution < 1.29 is 33.4 Å². The number of esters is 2. The highest BCUT2D eigenvalue weighted by Gasteiger charge is 2.29. The van der Waals surface area contributed by atoms with Crippen LogP contribution in [0.3, 0.4) is 0 Å². The van der Waals surface area contributed by atoms with Crippen molar-refractivity contribution in [1.29, 1.82) is 0 Å². The zero-order valence-corrected chi connectivity index (χ0v) is 26.4. The molecule has 0 aliphatic rings. The van der Waals surface area contributed by atoms with Gasteiger partial charge in [-0.05, 0) is 73.7 Å². The van der Waals surface area contributed by atoms with E-state index >= 15 is 0 Å². The molecule has 0 saturated heterocycles. The fourth-order valence-electron chi connectivity index (χ4n) is 2.72. The Labute approximate surface area is 245 Å². The smallest absolute Gasteiger partial charge is 0.303 e. The SMILES string of the molecule is CCC(C)CNC(=O)c1c(I)c(NC(C)=O)c(I)c(C(=O)NCC(COC(C)=O)OC(C)=O)c1I. The van der Waals surface area contributed by atoms with Gasteiger partial charge in [-0.3, -0.25) is 24.0 Å². The van der Waals surface area contributed by atoms with Gasteiger partial charge in [-0.25, -0.2) is 0 Å². The van der Waals surface area contributed by atoms with Gasteiger partial charge in [-0.2, -0.15) is 0 Å². The summed E-state index contributed by atoms with van der Waals surface area (Å²) >= 11 is 5.88. The van der Waals surface area contributed by atoms with Crippen molar-refractivity contribution in [3.8, 4) is 0 Å². The molecular weight excluding hydrogens is 799 g/mol. The van der Waals surface area contributed by atoms with Crippen molar-refractivity contribution >= 4 is 103 Å². The van der Waals surface area contributed by atoms with Crippen LogP contribution in [-0.4, -0.2) is 55.5 Å². The Morgan fingerprint density at radius 2 is 1.34 bits per heavy atom. The molecule has 0 aliphatic heterocycles. The van der Waals surface area contributed by atoms with Crippen LogP contribution in [0.4, 0.5) is 5.69 Å². The molecule has 0 saturated carbocycles. The van der Waals surface area contributed by atoms with Crippen LogP contribution in [0.25, 0.3) is 0 Å². The van der Waals surface area contributed by atoms with E-state index in [4.69, 9.17) is 9.47 Å². The van der Waals surface area contributed by atoms with E-state index in [1.54, 1.807) is 0 Å². The minimum Gasteiger partial charge on any atom is -0.462 e. The lowest BCUT2D eigenvalue weighted by Gasteiger charge is -2.21. The number of halogens is 3. The van der Waals surface area contributed by atoms with Crippen LogP contribution >= 0.6 is 67.8 Å². The maximum Gasteiger partial charge on any atom is 0.303 e. The lowest BCUT2D eigenvalue weighted by molar-refractivity contribution is -0.155. The monoisotopic (exact) mass is 827 g/mol. The third-order valence-electron chi connectivity index (χ3n) is 4.68. The summed E-state index contributed by atoms with van der Waals surface area (Å²) in [5.41, 5.74) is 0.827. The second-order valence-electron chi connectivity index (χ2n) is 7.72. The van der Waals surface area contributed by atoms with Gasteiger partial charge in [0.25, 0.3) is 11.8 Å². The summed E-state index contributed by atoms with van der Waals surface area (Å²) in [7, 11) is 0. The Morgan fingerprint density at radius 1 is 0.829 bits per heavy atom. The number of carbonyl (C=O) groups excluding carboxylic acids is 5. The normalized spacial score (nSPS) is 12.2. The third-order valence-corrected chi connectivity index (χ3v) is 7.91. The zero-order chi connectivity index (χ0) is 26.9. The van der Waals surface area contributed by atoms with Crippen molar-refractivity contribution in [2.24, 2.45) is 5.92 Å². The number of amides is 3. The molecule has 2 atom stereocenters. The minimum atomic E-state index is -0.896. The van der Waals surface area contributed by atoms with Gasteiger partial charge >= 0.3 is 11.9 Å². The molecule has 1 aromatic rings. The van der Waals surface area contributed by atoms with E-state index in [0.717, 1.165) is 6.42 Å². The Balaban J connectivity index is 3.37. The van der Waals surface area contributed by atoms with Gasteiger partial charge < -0.3 is 25.4 Å². The molecule has 1 aromatic carbocycles. The van der Waals surface area contributed by atoms with Crippen LogP contribution in [0.2, 0.25) is 0 Å². The van der Waals surface area contributed by atoms with E-state index in [0.29, 0.717) is 22.9 Å². The minimum absolute atomic E-state index is 0.130. The number of hydrogen-bond donors (Lipinski definition) is 3. The lowest BCUT2D eigenvalue weighted by atomic mass is 10.1. The zero-order valence-electron chi connectivity index (χ0n) is 20.0. The maximum atomic E-state index is 13.2. The number of anilines is 1. The topological polar surface area (TPSA) is 140 Å². The molecule has 0 spiro atoms. The number of ether oxygens (including phenoxy) is 2. The molecule has 194 valence electrons. The van der Waals surface area contributed by atoms with E-state index in [2.05, 4.69) is 16.0 Å². The second-order valence-corrected chi connectivity index (χ2v) is 11.0. The quantitative estimate of drug-likeness (QED) is 0.230. The van der Waals surface area contributed by atoms with Gasteiger partial charge in [0.15, 0.2) is 6.10 Å². The Hall–Kier alpha value is -1.24. The molecule has 0 aromatic heterocycles.